The van der Waals surface area contributed by atoms with Crippen molar-refractivity contribution >= 4 is 39.9 Å². The van der Waals surface area contributed by atoms with E-state index in [-0.39, 0.29) is 36.8 Å². The summed E-state index contributed by atoms with van der Waals surface area (Å²) in [6, 6.07) is 19.6. The van der Waals surface area contributed by atoms with Crippen molar-refractivity contribution in [2.45, 2.75) is 63.8 Å². The zero-order valence-electron chi connectivity index (χ0n) is 28.6. The highest BCUT2D eigenvalue weighted by atomic mass is 16.5. The number of aliphatic hydroxyl groups excluding tert-OH is 1. The first-order chi connectivity index (χ1) is 23.7. The minimum absolute atomic E-state index is 0.111. The Kier molecular flexibility index (Phi) is 8.61. The Morgan fingerprint density at radius 3 is 2.18 bits per heavy atom. The van der Waals surface area contributed by atoms with Crippen molar-refractivity contribution in [3.63, 3.8) is 0 Å². The van der Waals surface area contributed by atoms with E-state index >= 15 is 9.59 Å². The van der Waals surface area contributed by atoms with Crippen LogP contribution >= 0.6 is 0 Å². The van der Waals surface area contributed by atoms with Gasteiger partial charge in [0.2, 0.25) is 11.8 Å². The Hall–Kier alpha value is -4.47. The van der Waals surface area contributed by atoms with Crippen LogP contribution in [0.5, 0.6) is 5.75 Å². The van der Waals surface area contributed by atoms with Crippen molar-refractivity contribution in [3.05, 3.63) is 91.0 Å². The maximum Gasteiger partial charge on any atom is 0.253 e. The van der Waals surface area contributed by atoms with Crippen LogP contribution < -0.4 is 14.5 Å². The Morgan fingerprint density at radius 2 is 1.51 bits per heavy atom. The number of aliphatic hydroxyl groups is 1. The van der Waals surface area contributed by atoms with Gasteiger partial charge in [0.05, 0.1) is 36.7 Å². The summed E-state index contributed by atoms with van der Waals surface area (Å²) in [5, 5.41) is 12.9. The SMILES string of the molecule is CCOc1ccc(N2CC=C[C@@]3(CC)O[C@]45C=CCN(c6ccc7ccccc7c6)C(=O)C4N([C@@H](CO)[C@@H](C)CC)C(=O)[C@@H]5[C@H]3C2=O)cc1. The van der Waals surface area contributed by atoms with E-state index in [1.807, 2.05) is 119 Å². The first-order valence-corrected chi connectivity index (χ1v) is 17.6. The van der Waals surface area contributed by atoms with Crippen molar-refractivity contribution < 1.29 is 29.0 Å². The van der Waals surface area contributed by atoms with Gasteiger partial charge >= 0.3 is 0 Å². The van der Waals surface area contributed by atoms with Crippen molar-refractivity contribution in [2.75, 3.05) is 36.1 Å². The topological polar surface area (TPSA) is 99.6 Å². The van der Waals surface area contributed by atoms with Crippen LogP contribution in [0.4, 0.5) is 11.4 Å². The molecule has 3 amide bonds. The Bertz CT molecular complexity index is 1820. The lowest BCUT2D eigenvalue weighted by molar-refractivity contribution is -0.150. The molecule has 0 aliphatic carbocycles. The lowest BCUT2D eigenvalue weighted by atomic mass is 9.73. The van der Waals surface area contributed by atoms with Gasteiger partial charge in [-0.15, -0.1) is 0 Å². The van der Waals surface area contributed by atoms with E-state index in [9.17, 15) is 9.90 Å². The third kappa shape index (κ3) is 5.08. The van der Waals surface area contributed by atoms with Gasteiger partial charge in [0.25, 0.3) is 5.91 Å². The molecule has 49 heavy (non-hydrogen) atoms. The number of rotatable bonds is 9. The van der Waals surface area contributed by atoms with Crippen molar-refractivity contribution in [1.29, 1.82) is 0 Å². The molecule has 9 heteroatoms. The molecule has 0 radical (unpaired) electrons. The van der Waals surface area contributed by atoms with E-state index in [1.165, 1.54) is 0 Å². The molecule has 4 aliphatic heterocycles. The normalized spacial score (nSPS) is 29.0. The van der Waals surface area contributed by atoms with E-state index in [1.54, 1.807) is 14.7 Å². The Morgan fingerprint density at radius 1 is 0.837 bits per heavy atom. The van der Waals surface area contributed by atoms with Crippen molar-refractivity contribution in [3.8, 4) is 5.75 Å². The van der Waals surface area contributed by atoms with Crippen LogP contribution in [0.1, 0.15) is 40.5 Å². The fraction of sp³-hybridized carbons (Fsp3) is 0.425. The van der Waals surface area contributed by atoms with E-state index in [4.69, 9.17) is 9.47 Å². The molecule has 9 nitrogen and oxygen atoms in total. The number of likely N-dealkylation sites (tertiary alicyclic amines) is 1. The molecule has 256 valence electrons. The fourth-order valence-electron chi connectivity index (χ4n) is 8.57. The average Bonchev–Trinajstić information content (AvgIpc) is 3.41. The third-order valence-corrected chi connectivity index (χ3v) is 11.2. The van der Waals surface area contributed by atoms with Gasteiger partial charge in [-0.2, -0.15) is 0 Å². The fourth-order valence-corrected chi connectivity index (χ4v) is 8.57. The monoisotopic (exact) mass is 663 g/mol. The Balaban J connectivity index is 1.36. The molecule has 2 saturated heterocycles. The van der Waals surface area contributed by atoms with Gasteiger partial charge in [-0.25, -0.2) is 0 Å². The van der Waals surface area contributed by atoms with Crippen molar-refractivity contribution in [2.24, 2.45) is 17.8 Å². The second-order valence-corrected chi connectivity index (χ2v) is 13.7. The third-order valence-electron chi connectivity index (χ3n) is 11.2. The molecule has 4 heterocycles. The molecule has 4 aliphatic rings. The average molecular weight is 664 g/mol. The van der Waals surface area contributed by atoms with E-state index in [0.717, 1.165) is 10.8 Å². The van der Waals surface area contributed by atoms with Gasteiger partial charge in [-0.05, 0) is 66.4 Å². The molecule has 1 spiro atoms. The summed E-state index contributed by atoms with van der Waals surface area (Å²) in [5.74, 6) is -2.14. The zero-order chi connectivity index (χ0) is 34.5. The number of carbonyl (C=O) groups is 3. The molecular weight excluding hydrogens is 618 g/mol. The number of benzene rings is 3. The summed E-state index contributed by atoms with van der Waals surface area (Å²) in [6.45, 7) is 8.67. The largest absolute Gasteiger partial charge is 0.494 e. The highest BCUT2D eigenvalue weighted by molar-refractivity contribution is 6.08. The highest BCUT2D eigenvalue weighted by Gasteiger charge is 2.76. The van der Waals surface area contributed by atoms with Gasteiger partial charge in [-0.3, -0.25) is 14.4 Å². The summed E-state index contributed by atoms with van der Waals surface area (Å²) in [6.07, 6.45) is 8.77. The second-order valence-electron chi connectivity index (χ2n) is 13.7. The first-order valence-electron chi connectivity index (χ1n) is 17.6. The predicted octanol–water partition coefficient (Wildman–Crippen LogP) is 5.51. The van der Waals surface area contributed by atoms with Gasteiger partial charge in [0.1, 0.15) is 17.4 Å². The summed E-state index contributed by atoms with van der Waals surface area (Å²) < 4.78 is 12.8. The number of nitrogens with zero attached hydrogens (tertiary/aromatic N) is 3. The quantitative estimate of drug-likeness (QED) is 0.303. The molecule has 0 bridgehead atoms. The summed E-state index contributed by atoms with van der Waals surface area (Å²) in [5.41, 5.74) is -1.15. The standard InChI is InChI=1S/C40H45N3O6/c1-5-26(4)32(25-44)43-35-38(47)42(30-15-14-27-12-8-9-13-28(27)24-30)23-11-21-40(35)34(37(43)46)33-36(45)41(22-10-20-39(33,6-2)49-40)29-16-18-31(19-17-29)48-7-3/h8-21,24,26,32-35,44H,5-7,22-23,25H2,1-4H3/t26-,32-,33-,34-,35?,39+,40-/m0/s1. The molecule has 3 aromatic carbocycles. The lowest BCUT2D eigenvalue weighted by Gasteiger charge is -2.42. The van der Waals surface area contributed by atoms with Crippen LogP contribution in [0.3, 0.4) is 0 Å². The van der Waals surface area contributed by atoms with E-state index in [2.05, 4.69) is 0 Å². The maximum absolute atomic E-state index is 15.1. The summed E-state index contributed by atoms with van der Waals surface area (Å²) in [4.78, 5) is 50.1. The van der Waals surface area contributed by atoms with Crippen LogP contribution in [-0.2, 0) is 19.1 Å². The number of fused-ring (bicyclic) bond motifs is 3. The van der Waals surface area contributed by atoms with Gasteiger partial charge in [-0.1, -0.05) is 81.8 Å². The van der Waals surface area contributed by atoms with Crippen LogP contribution in [0.15, 0.2) is 91.0 Å². The number of anilines is 2. The minimum atomic E-state index is -1.43. The van der Waals surface area contributed by atoms with Crippen molar-refractivity contribution in [1.82, 2.24) is 4.90 Å². The maximum atomic E-state index is 15.1. The lowest BCUT2D eigenvalue weighted by Crippen LogP contribution is -2.60. The molecule has 7 atom stereocenters. The van der Waals surface area contributed by atoms with Gasteiger partial charge in [0, 0.05) is 24.5 Å². The highest BCUT2D eigenvalue weighted by Crippen LogP contribution is 2.59. The number of ether oxygens (including phenoxy) is 2. The number of hydrogen-bond acceptors (Lipinski definition) is 6. The number of carbonyl (C=O) groups excluding carboxylic acids is 3. The molecule has 1 unspecified atom stereocenters. The predicted molar refractivity (Wildman–Crippen MR) is 189 cm³/mol. The van der Waals surface area contributed by atoms with Crippen LogP contribution in [-0.4, -0.2) is 77.3 Å². The second kappa shape index (κ2) is 12.8. The molecule has 0 saturated carbocycles. The van der Waals surface area contributed by atoms with Crippen LogP contribution in [0, 0.1) is 17.8 Å². The van der Waals surface area contributed by atoms with Crippen LogP contribution in [0.25, 0.3) is 10.8 Å². The van der Waals surface area contributed by atoms with Gasteiger partial charge < -0.3 is 29.3 Å². The van der Waals surface area contributed by atoms with E-state index < -0.39 is 35.1 Å². The zero-order valence-corrected chi connectivity index (χ0v) is 28.6. The molecular formula is C40H45N3O6. The molecule has 2 fully saturated rings. The van der Waals surface area contributed by atoms with E-state index in [0.29, 0.717) is 43.1 Å². The number of amides is 3. The molecule has 1 N–H and O–H groups in total. The first kappa shape index (κ1) is 33.0. The van der Waals surface area contributed by atoms with Crippen LogP contribution in [0.2, 0.25) is 0 Å². The smallest absolute Gasteiger partial charge is 0.253 e. The molecule has 0 aromatic heterocycles. The molecule has 7 rings (SSSR count). The Labute approximate surface area is 287 Å². The minimum Gasteiger partial charge on any atom is -0.494 e. The van der Waals surface area contributed by atoms with Gasteiger partial charge in [0.15, 0.2) is 0 Å². The summed E-state index contributed by atoms with van der Waals surface area (Å²) in [7, 11) is 0. The number of hydrogen-bond donors (Lipinski definition) is 1. The molecule has 3 aromatic rings. The summed E-state index contributed by atoms with van der Waals surface area (Å²) >= 11 is 0.